The first kappa shape index (κ1) is 7.99. The maximum Gasteiger partial charge on any atom is 0.150 e. The molecule has 0 aromatic carbocycles. The quantitative estimate of drug-likeness (QED) is 0.632. The van der Waals surface area contributed by atoms with Gasteiger partial charge in [-0.1, -0.05) is 12.2 Å². The molecule has 1 fully saturated rings. The van der Waals surface area contributed by atoms with E-state index in [1.54, 1.807) is 0 Å². The lowest BCUT2D eigenvalue weighted by atomic mass is 9.90. The van der Waals surface area contributed by atoms with Gasteiger partial charge in [-0.05, 0) is 31.7 Å². The highest BCUT2D eigenvalue weighted by molar-refractivity contribution is 5.84. The van der Waals surface area contributed by atoms with Gasteiger partial charge in [0.15, 0.2) is 0 Å². The lowest BCUT2D eigenvalue weighted by Crippen LogP contribution is -2.28. The second kappa shape index (κ2) is 3.02. The van der Waals surface area contributed by atoms with Crippen LogP contribution in [0.2, 0.25) is 0 Å². The second-order valence-corrected chi connectivity index (χ2v) is 3.88. The van der Waals surface area contributed by atoms with Crippen molar-refractivity contribution >= 4 is 5.78 Å². The van der Waals surface area contributed by atoms with E-state index in [0.29, 0.717) is 30.1 Å². The molecule has 0 heterocycles. The average molecular weight is 165 g/mol. The van der Waals surface area contributed by atoms with E-state index in [-0.39, 0.29) is 0 Å². The highest BCUT2D eigenvalue weighted by atomic mass is 16.1. The third kappa shape index (κ3) is 1.20. The zero-order valence-electron chi connectivity index (χ0n) is 7.42. The van der Waals surface area contributed by atoms with Crippen LogP contribution in [0, 0.1) is 17.8 Å². The van der Waals surface area contributed by atoms with Crippen LogP contribution in [0.15, 0.2) is 12.2 Å². The van der Waals surface area contributed by atoms with Crippen LogP contribution in [0.3, 0.4) is 0 Å². The van der Waals surface area contributed by atoms with Crippen molar-refractivity contribution in [2.24, 2.45) is 17.8 Å². The summed E-state index contributed by atoms with van der Waals surface area (Å²) in [5.41, 5.74) is 0. The number of carbonyl (C=O) groups excluding carboxylic acids is 1. The van der Waals surface area contributed by atoms with E-state index in [9.17, 15) is 4.79 Å². The lowest BCUT2D eigenvalue weighted by molar-refractivity contribution is -0.122. The number of likely N-dealkylation sites (N-methyl/N-ethyl adjacent to an activating group) is 1. The Hall–Kier alpha value is -0.630. The van der Waals surface area contributed by atoms with Crippen LogP contribution in [-0.2, 0) is 4.79 Å². The molecule has 66 valence electrons. The van der Waals surface area contributed by atoms with E-state index >= 15 is 0 Å². The molecule has 0 radical (unpaired) electrons. The van der Waals surface area contributed by atoms with Gasteiger partial charge in [-0.15, -0.1) is 0 Å². The predicted octanol–water partition coefficient (Wildman–Crippen LogP) is 0.987. The Morgan fingerprint density at radius 2 is 2.33 bits per heavy atom. The summed E-state index contributed by atoms with van der Waals surface area (Å²) < 4.78 is 0. The highest BCUT2D eigenvalue weighted by Gasteiger charge is 2.38. The molecule has 2 aliphatic carbocycles. The van der Waals surface area contributed by atoms with Gasteiger partial charge in [-0.3, -0.25) is 4.79 Å². The predicted molar refractivity (Wildman–Crippen MR) is 47.8 cm³/mol. The van der Waals surface area contributed by atoms with Crippen LogP contribution >= 0.6 is 0 Å². The summed E-state index contributed by atoms with van der Waals surface area (Å²) in [6.45, 7) is 0.543. The third-order valence-corrected chi connectivity index (χ3v) is 3.04. The number of hydrogen-bond acceptors (Lipinski definition) is 2. The third-order valence-electron chi connectivity index (χ3n) is 3.04. The Kier molecular flexibility index (Phi) is 2.01. The summed E-state index contributed by atoms with van der Waals surface area (Å²) in [7, 11) is 1.83. The molecule has 2 nitrogen and oxygen atoms in total. The average Bonchev–Trinajstić information content (AvgIpc) is 2.64. The largest absolute Gasteiger partial charge is 0.313 e. The van der Waals surface area contributed by atoms with Crippen LogP contribution in [0.5, 0.6) is 0 Å². The van der Waals surface area contributed by atoms with Crippen LogP contribution in [0.1, 0.15) is 12.8 Å². The first-order valence-electron chi connectivity index (χ1n) is 4.67. The van der Waals surface area contributed by atoms with Crippen LogP contribution in [0.25, 0.3) is 0 Å². The standard InChI is InChI=1S/C10H15NO/c1-11-6-10(12)9-5-7-2-3-8(9)4-7/h2-3,7-9,11H,4-6H2,1H3. The fraction of sp³-hybridized carbons (Fsp3) is 0.700. The summed E-state index contributed by atoms with van der Waals surface area (Å²) in [5, 5.41) is 2.93. The Morgan fingerprint density at radius 3 is 2.83 bits per heavy atom. The van der Waals surface area contributed by atoms with Crippen molar-refractivity contribution in [1.29, 1.82) is 0 Å². The van der Waals surface area contributed by atoms with E-state index in [0.717, 1.165) is 6.42 Å². The number of fused-ring (bicyclic) bond motifs is 2. The zero-order chi connectivity index (χ0) is 8.55. The summed E-state index contributed by atoms with van der Waals surface area (Å²) in [4.78, 5) is 11.5. The van der Waals surface area contributed by atoms with E-state index in [1.165, 1.54) is 6.42 Å². The van der Waals surface area contributed by atoms with Gasteiger partial charge < -0.3 is 5.32 Å². The Labute approximate surface area is 73.0 Å². The van der Waals surface area contributed by atoms with Crippen molar-refractivity contribution in [1.82, 2.24) is 5.32 Å². The monoisotopic (exact) mass is 165 g/mol. The molecule has 2 bridgehead atoms. The maximum atomic E-state index is 11.5. The molecule has 0 amide bonds. The van der Waals surface area contributed by atoms with Crippen LogP contribution in [-0.4, -0.2) is 19.4 Å². The molecular formula is C10H15NO. The summed E-state index contributed by atoms with van der Waals surface area (Å²) in [6, 6.07) is 0. The minimum atomic E-state index is 0.326. The van der Waals surface area contributed by atoms with Gasteiger partial charge in [0.25, 0.3) is 0 Å². The van der Waals surface area contributed by atoms with Crippen molar-refractivity contribution in [3.8, 4) is 0 Å². The Bertz CT molecular complexity index is 222. The molecule has 2 aliphatic rings. The van der Waals surface area contributed by atoms with Crippen molar-refractivity contribution in [3.63, 3.8) is 0 Å². The first-order chi connectivity index (χ1) is 5.81. The zero-order valence-corrected chi connectivity index (χ0v) is 7.42. The highest BCUT2D eigenvalue weighted by Crippen LogP contribution is 2.43. The summed E-state index contributed by atoms with van der Waals surface area (Å²) in [6.07, 6.45) is 6.82. The SMILES string of the molecule is CNCC(=O)C1CC2C=CC1C2. The van der Waals surface area contributed by atoms with Crippen molar-refractivity contribution < 1.29 is 4.79 Å². The normalized spacial score (nSPS) is 37.6. The molecule has 1 N–H and O–H groups in total. The molecule has 2 heteroatoms. The van der Waals surface area contributed by atoms with E-state index in [4.69, 9.17) is 0 Å². The van der Waals surface area contributed by atoms with Crippen molar-refractivity contribution in [2.45, 2.75) is 12.8 Å². The molecular weight excluding hydrogens is 150 g/mol. The fourth-order valence-corrected chi connectivity index (χ4v) is 2.46. The number of Topliss-reactive ketones (excluding diaryl/α,β-unsaturated/α-hetero) is 1. The molecule has 0 saturated heterocycles. The minimum Gasteiger partial charge on any atom is -0.313 e. The molecule has 1 saturated carbocycles. The van der Waals surface area contributed by atoms with Crippen LogP contribution in [0.4, 0.5) is 0 Å². The molecule has 0 spiro atoms. The van der Waals surface area contributed by atoms with E-state index in [2.05, 4.69) is 17.5 Å². The molecule has 0 aromatic rings. The number of hydrogen-bond donors (Lipinski definition) is 1. The van der Waals surface area contributed by atoms with Gasteiger partial charge in [-0.25, -0.2) is 0 Å². The number of allylic oxidation sites excluding steroid dienone is 2. The number of rotatable bonds is 3. The Balaban J connectivity index is 1.98. The molecule has 0 aliphatic heterocycles. The summed E-state index contributed by atoms with van der Waals surface area (Å²) in [5.74, 6) is 2.00. The smallest absolute Gasteiger partial charge is 0.150 e. The van der Waals surface area contributed by atoms with Gasteiger partial charge in [0.2, 0.25) is 0 Å². The first-order valence-corrected chi connectivity index (χ1v) is 4.67. The number of nitrogens with one attached hydrogen (secondary N) is 1. The van der Waals surface area contributed by atoms with Gasteiger partial charge >= 0.3 is 0 Å². The van der Waals surface area contributed by atoms with Gasteiger partial charge in [0.05, 0.1) is 6.54 Å². The molecule has 3 unspecified atom stereocenters. The molecule has 2 rings (SSSR count). The van der Waals surface area contributed by atoms with Crippen LogP contribution < -0.4 is 5.32 Å². The number of ketones is 1. The molecule has 12 heavy (non-hydrogen) atoms. The second-order valence-electron chi connectivity index (χ2n) is 3.88. The summed E-state index contributed by atoms with van der Waals surface area (Å²) >= 11 is 0. The maximum absolute atomic E-state index is 11.5. The fourth-order valence-electron chi connectivity index (χ4n) is 2.46. The molecule has 0 aromatic heterocycles. The van der Waals surface area contributed by atoms with Gasteiger partial charge in [0, 0.05) is 5.92 Å². The molecule has 3 atom stereocenters. The van der Waals surface area contributed by atoms with Crippen molar-refractivity contribution in [2.75, 3.05) is 13.6 Å². The van der Waals surface area contributed by atoms with Gasteiger partial charge in [0.1, 0.15) is 5.78 Å². The van der Waals surface area contributed by atoms with E-state index < -0.39 is 0 Å². The number of carbonyl (C=O) groups is 1. The topological polar surface area (TPSA) is 29.1 Å². The van der Waals surface area contributed by atoms with Crippen molar-refractivity contribution in [3.05, 3.63) is 12.2 Å². The minimum absolute atomic E-state index is 0.326. The Morgan fingerprint density at radius 1 is 1.50 bits per heavy atom. The van der Waals surface area contributed by atoms with E-state index in [1.807, 2.05) is 7.05 Å². The van der Waals surface area contributed by atoms with Gasteiger partial charge in [-0.2, -0.15) is 0 Å². The lowest BCUT2D eigenvalue weighted by Gasteiger charge is -2.15.